The van der Waals surface area contributed by atoms with Crippen LogP contribution in [0.5, 0.6) is 0 Å². The predicted molar refractivity (Wildman–Crippen MR) is 138 cm³/mol. The molecule has 2 aromatic rings. The van der Waals surface area contributed by atoms with Crippen LogP contribution in [0.15, 0.2) is 31.0 Å². The first-order chi connectivity index (χ1) is 18.0. The molecule has 37 heavy (non-hydrogen) atoms. The molecule has 0 radical (unpaired) electrons. The van der Waals surface area contributed by atoms with Crippen molar-refractivity contribution in [3.05, 3.63) is 47.9 Å². The summed E-state index contributed by atoms with van der Waals surface area (Å²) in [6, 6.07) is 8.42. The smallest absolute Gasteiger partial charge is 0.306 e. The van der Waals surface area contributed by atoms with E-state index >= 15 is 0 Å². The number of ether oxygens (including phenoxy) is 1. The Labute approximate surface area is 216 Å². The first kappa shape index (κ1) is 23.7. The van der Waals surface area contributed by atoms with Crippen molar-refractivity contribution in [2.45, 2.75) is 63.0 Å². The number of cyclic esters (lactones) is 1. The molecule has 0 bridgehead atoms. The van der Waals surface area contributed by atoms with E-state index in [4.69, 9.17) is 9.72 Å². The lowest BCUT2D eigenvalue weighted by molar-refractivity contribution is -0.144. The van der Waals surface area contributed by atoms with E-state index in [0.29, 0.717) is 49.9 Å². The van der Waals surface area contributed by atoms with Crippen LogP contribution in [0.1, 0.15) is 67.8 Å². The van der Waals surface area contributed by atoms with Crippen molar-refractivity contribution in [1.82, 2.24) is 14.9 Å². The van der Waals surface area contributed by atoms with E-state index < -0.39 is 0 Å². The molecule has 1 unspecified atom stereocenters. The van der Waals surface area contributed by atoms with Gasteiger partial charge in [-0.05, 0) is 67.9 Å². The molecule has 4 aliphatic rings. The number of carbonyl (C=O) groups excluding carboxylic acids is 2. The van der Waals surface area contributed by atoms with Crippen molar-refractivity contribution in [3.63, 3.8) is 0 Å². The van der Waals surface area contributed by atoms with Gasteiger partial charge in [-0.3, -0.25) is 14.6 Å². The minimum atomic E-state index is -0.298. The van der Waals surface area contributed by atoms with Gasteiger partial charge in [0.1, 0.15) is 18.0 Å². The predicted octanol–water partition coefficient (Wildman–Crippen LogP) is 4.06. The van der Waals surface area contributed by atoms with Crippen LogP contribution >= 0.6 is 0 Å². The Hall–Kier alpha value is -3.73. The fourth-order valence-electron chi connectivity index (χ4n) is 5.70. The van der Waals surface area contributed by atoms with E-state index in [0.717, 1.165) is 54.0 Å². The number of rotatable bonds is 7. The first-order valence-electron chi connectivity index (χ1n) is 13.3. The third-order valence-electron chi connectivity index (χ3n) is 7.99. The molecular weight excluding hydrogens is 466 g/mol. The topological polar surface area (TPSA) is 99.4 Å². The Kier molecular flexibility index (Phi) is 6.15. The molecule has 0 aromatic carbocycles. The molecule has 2 aromatic heterocycles. The normalized spacial score (nSPS) is 23.5. The maximum Gasteiger partial charge on any atom is 0.306 e. The Bertz CT molecular complexity index is 1290. The van der Waals surface area contributed by atoms with Crippen molar-refractivity contribution in [2.24, 2.45) is 5.92 Å². The van der Waals surface area contributed by atoms with Crippen LogP contribution < -0.4 is 4.90 Å². The van der Waals surface area contributed by atoms with Gasteiger partial charge in [-0.2, -0.15) is 5.26 Å². The monoisotopic (exact) mass is 497 g/mol. The van der Waals surface area contributed by atoms with Crippen LogP contribution in [0.2, 0.25) is 0 Å². The van der Waals surface area contributed by atoms with Crippen molar-refractivity contribution in [3.8, 4) is 17.2 Å². The second kappa shape index (κ2) is 9.62. The number of pyridine rings is 2. The standard InChI is InChI=1S/C29H31N5O3/c1-2-22-13-20(9-10-31-22)24-14-21(16-30)29(32-28(24)19-5-6-19)33-11-12-34(25(17-33)18-3-4-18)26(35)15-23-7-8-27(36)37-23/h2,9-10,13-14,18-19,23,25H,1,3-8,11-12,15,17H2/t23?,25-/m0/s1. The summed E-state index contributed by atoms with van der Waals surface area (Å²) in [5.41, 5.74) is 4.39. The lowest BCUT2D eigenvalue weighted by Gasteiger charge is -2.43. The first-order valence-corrected chi connectivity index (χ1v) is 13.3. The van der Waals surface area contributed by atoms with E-state index in [2.05, 4.69) is 22.5 Å². The van der Waals surface area contributed by atoms with Gasteiger partial charge in [-0.1, -0.05) is 6.58 Å². The SMILES string of the molecule is C=Cc1cc(-c2cc(C#N)c(N3CCN(C(=O)CC4CCC(=O)O4)[C@H](C4CC4)C3)nc2C2CC2)ccn1. The van der Waals surface area contributed by atoms with Crippen LogP contribution in [-0.4, -0.2) is 58.5 Å². The second-order valence-electron chi connectivity index (χ2n) is 10.6. The molecule has 2 atom stereocenters. The van der Waals surface area contributed by atoms with Gasteiger partial charge < -0.3 is 14.5 Å². The fraction of sp³-hybridized carbons (Fsp3) is 0.483. The highest BCUT2D eigenvalue weighted by molar-refractivity contribution is 5.79. The van der Waals surface area contributed by atoms with Gasteiger partial charge in [0, 0.05) is 43.7 Å². The zero-order valence-corrected chi connectivity index (χ0v) is 20.9. The highest BCUT2D eigenvalue weighted by atomic mass is 16.5. The van der Waals surface area contributed by atoms with Crippen molar-refractivity contribution in [2.75, 3.05) is 24.5 Å². The number of nitriles is 1. The number of aromatic nitrogens is 2. The number of hydrogen-bond acceptors (Lipinski definition) is 7. The van der Waals surface area contributed by atoms with Crippen LogP contribution in [0.3, 0.4) is 0 Å². The Morgan fingerprint density at radius 2 is 2.05 bits per heavy atom. The molecule has 2 saturated carbocycles. The van der Waals surface area contributed by atoms with E-state index in [9.17, 15) is 14.9 Å². The van der Waals surface area contributed by atoms with Gasteiger partial charge in [0.15, 0.2) is 0 Å². The van der Waals surface area contributed by atoms with Gasteiger partial charge in [0.25, 0.3) is 0 Å². The molecule has 2 aliphatic heterocycles. The molecular formula is C29H31N5O3. The number of amides is 1. The van der Waals surface area contributed by atoms with Crippen LogP contribution in [0.25, 0.3) is 17.2 Å². The molecule has 190 valence electrons. The van der Waals surface area contributed by atoms with Gasteiger partial charge in [-0.25, -0.2) is 4.98 Å². The van der Waals surface area contributed by atoms with E-state index in [1.165, 1.54) is 0 Å². The minimum absolute atomic E-state index is 0.0643. The molecule has 8 heteroatoms. The lowest BCUT2D eigenvalue weighted by atomic mass is 9.98. The average molecular weight is 498 g/mol. The number of piperazine rings is 1. The number of esters is 1. The number of anilines is 1. The number of nitrogens with zero attached hydrogens (tertiary/aromatic N) is 5. The van der Waals surface area contributed by atoms with Gasteiger partial charge in [0.05, 0.1) is 29.4 Å². The summed E-state index contributed by atoms with van der Waals surface area (Å²) in [5, 5.41) is 10.1. The van der Waals surface area contributed by atoms with Gasteiger partial charge in [0.2, 0.25) is 5.91 Å². The molecule has 1 amide bonds. The zero-order valence-electron chi connectivity index (χ0n) is 20.9. The summed E-state index contributed by atoms with van der Waals surface area (Å²) in [5.74, 6) is 1.46. The molecule has 2 aliphatic carbocycles. The molecule has 6 rings (SSSR count). The van der Waals surface area contributed by atoms with Crippen LogP contribution in [0, 0.1) is 17.2 Å². The molecule has 8 nitrogen and oxygen atoms in total. The summed E-state index contributed by atoms with van der Waals surface area (Å²) < 4.78 is 5.31. The summed E-state index contributed by atoms with van der Waals surface area (Å²) in [7, 11) is 0. The van der Waals surface area contributed by atoms with Crippen molar-refractivity contribution < 1.29 is 14.3 Å². The molecule has 2 saturated heterocycles. The zero-order chi connectivity index (χ0) is 25.5. The van der Waals surface area contributed by atoms with Gasteiger partial charge >= 0.3 is 5.97 Å². The maximum absolute atomic E-state index is 13.2. The Balaban J connectivity index is 1.27. The van der Waals surface area contributed by atoms with Crippen LogP contribution in [0.4, 0.5) is 5.82 Å². The van der Waals surface area contributed by atoms with E-state index in [1.54, 1.807) is 12.3 Å². The summed E-state index contributed by atoms with van der Waals surface area (Å²) in [6.45, 7) is 5.71. The minimum Gasteiger partial charge on any atom is -0.462 e. The Morgan fingerprint density at radius 1 is 1.22 bits per heavy atom. The summed E-state index contributed by atoms with van der Waals surface area (Å²) in [6.07, 6.45) is 8.90. The molecule has 4 heterocycles. The van der Waals surface area contributed by atoms with Crippen molar-refractivity contribution >= 4 is 23.8 Å². The largest absolute Gasteiger partial charge is 0.462 e. The van der Waals surface area contributed by atoms with E-state index in [-0.39, 0.29) is 30.4 Å². The lowest BCUT2D eigenvalue weighted by Crippen LogP contribution is -2.57. The quantitative estimate of drug-likeness (QED) is 0.532. The van der Waals surface area contributed by atoms with Crippen molar-refractivity contribution in [1.29, 1.82) is 5.26 Å². The van der Waals surface area contributed by atoms with E-state index in [1.807, 2.05) is 23.1 Å². The second-order valence-corrected chi connectivity index (χ2v) is 10.6. The maximum atomic E-state index is 13.2. The van der Waals surface area contributed by atoms with Gasteiger partial charge in [-0.15, -0.1) is 0 Å². The highest BCUT2D eigenvalue weighted by Crippen LogP contribution is 2.45. The Morgan fingerprint density at radius 3 is 2.73 bits per heavy atom. The summed E-state index contributed by atoms with van der Waals surface area (Å²) >= 11 is 0. The highest BCUT2D eigenvalue weighted by Gasteiger charge is 2.42. The third-order valence-corrected chi connectivity index (χ3v) is 7.99. The average Bonchev–Trinajstić information content (AvgIpc) is 3.86. The molecule has 0 N–H and O–H groups in total. The van der Waals surface area contributed by atoms with Crippen LogP contribution in [-0.2, 0) is 14.3 Å². The summed E-state index contributed by atoms with van der Waals surface area (Å²) in [4.78, 5) is 38.4. The molecule has 0 spiro atoms. The fourth-order valence-corrected chi connectivity index (χ4v) is 5.70. The number of carbonyl (C=O) groups is 2. The molecule has 4 fully saturated rings. The third kappa shape index (κ3) is 4.83. The number of hydrogen-bond donors (Lipinski definition) is 0.